The summed E-state index contributed by atoms with van der Waals surface area (Å²) >= 11 is 7.13. The predicted octanol–water partition coefficient (Wildman–Crippen LogP) is 2.80. The summed E-state index contributed by atoms with van der Waals surface area (Å²) in [6, 6.07) is 6.94. The number of halogens is 1. The Morgan fingerprint density at radius 2 is 1.62 bits per heavy atom. The van der Waals surface area contributed by atoms with Crippen LogP contribution in [0, 0.1) is 0 Å². The fraction of sp³-hybridized carbons (Fsp3) is 0.250. The molecule has 1 aromatic heterocycles. The molecule has 0 atom stereocenters. The summed E-state index contributed by atoms with van der Waals surface area (Å²) in [5, 5.41) is 0. The van der Waals surface area contributed by atoms with E-state index in [2.05, 4.69) is 9.47 Å². The highest BCUT2D eigenvalue weighted by molar-refractivity contribution is 7.89. The predicted molar refractivity (Wildman–Crippen MR) is 97.1 cm³/mol. The van der Waals surface area contributed by atoms with Crippen molar-refractivity contribution in [2.45, 2.75) is 11.4 Å². The van der Waals surface area contributed by atoms with Gasteiger partial charge in [-0.2, -0.15) is 4.31 Å². The fourth-order valence-electron chi connectivity index (χ4n) is 2.14. The van der Waals surface area contributed by atoms with Crippen LogP contribution < -0.4 is 0 Å². The average molecular weight is 418 g/mol. The molecule has 0 aliphatic rings. The van der Waals surface area contributed by atoms with Crippen LogP contribution in [0.2, 0.25) is 4.34 Å². The number of ether oxygens (including phenoxy) is 2. The first-order valence-electron chi connectivity index (χ1n) is 7.21. The quantitative estimate of drug-likeness (QED) is 0.671. The Morgan fingerprint density at radius 3 is 2.04 bits per heavy atom. The number of nitrogens with zero attached hydrogens (tertiary/aromatic N) is 1. The summed E-state index contributed by atoms with van der Waals surface area (Å²) < 4.78 is 36.6. The van der Waals surface area contributed by atoms with Gasteiger partial charge in [-0.3, -0.25) is 0 Å². The van der Waals surface area contributed by atoms with Crippen molar-refractivity contribution >= 4 is 44.9 Å². The van der Waals surface area contributed by atoms with Gasteiger partial charge in [-0.15, -0.1) is 11.3 Å². The third-order valence-corrected chi connectivity index (χ3v) is 6.46. The number of carbonyl (C=O) groups excluding carboxylic acids is 2. The SMILES string of the molecule is COC(=O)c1cc(C(=O)OC)cc(S(=O)(=O)N(C)Cc2ccc(Cl)s2)c1. The van der Waals surface area contributed by atoms with Gasteiger partial charge in [0.25, 0.3) is 0 Å². The lowest BCUT2D eigenvalue weighted by Crippen LogP contribution is -2.26. The van der Waals surface area contributed by atoms with E-state index in [0.717, 1.165) is 35.5 Å². The Morgan fingerprint density at radius 1 is 1.08 bits per heavy atom. The van der Waals surface area contributed by atoms with E-state index in [1.807, 2.05) is 0 Å². The van der Waals surface area contributed by atoms with Crippen molar-refractivity contribution in [1.82, 2.24) is 4.31 Å². The summed E-state index contributed by atoms with van der Waals surface area (Å²) in [5.74, 6) is -1.53. The maximum absolute atomic E-state index is 12.9. The molecule has 10 heteroatoms. The van der Waals surface area contributed by atoms with Crippen molar-refractivity contribution in [2.24, 2.45) is 0 Å². The molecule has 0 radical (unpaired) electrons. The van der Waals surface area contributed by atoms with Gasteiger partial charge in [0.1, 0.15) is 0 Å². The Kier molecular flexibility index (Phi) is 6.40. The van der Waals surface area contributed by atoms with Gasteiger partial charge in [-0.25, -0.2) is 18.0 Å². The van der Waals surface area contributed by atoms with Gasteiger partial charge < -0.3 is 9.47 Å². The Hall–Kier alpha value is -1.94. The second kappa shape index (κ2) is 8.17. The van der Waals surface area contributed by atoms with Crippen LogP contribution in [0.3, 0.4) is 0 Å². The van der Waals surface area contributed by atoms with Crippen molar-refractivity contribution in [3.63, 3.8) is 0 Å². The molecule has 2 rings (SSSR count). The van der Waals surface area contributed by atoms with Gasteiger partial charge >= 0.3 is 11.9 Å². The molecule has 0 amide bonds. The van der Waals surface area contributed by atoms with Crippen molar-refractivity contribution in [1.29, 1.82) is 0 Å². The van der Waals surface area contributed by atoms with Crippen LogP contribution in [0.15, 0.2) is 35.2 Å². The van der Waals surface area contributed by atoms with Gasteiger partial charge in [0.2, 0.25) is 10.0 Å². The first-order valence-corrected chi connectivity index (χ1v) is 9.84. The van der Waals surface area contributed by atoms with Crippen molar-refractivity contribution < 1.29 is 27.5 Å². The maximum atomic E-state index is 12.9. The molecular weight excluding hydrogens is 402 g/mol. The third kappa shape index (κ3) is 4.42. The highest BCUT2D eigenvalue weighted by atomic mass is 35.5. The maximum Gasteiger partial charge on any atom is 0.337 e. The lowest BCUT2D eigenvalue weighted by atomic mass is 10.1. The summed E-state index contributed by atoms with van der Waals surface area (Å²) in [7, 11) is -0.259. The topological polar surface area (TPSA) is 90.0 Å². The number of sulfonamides is 1. The van der Waals surface area contributed by atoms with E-state index in [1.54, 1.807) is 12.1 Å². The molecule has 0 fully saturated rings. The first-order chi connectivity index (χ1) is 12.2. The highest BCUT2D eigenvalue weighted by Gasteiger charge is 2.25. The number of benzene rings is 1. The molecule has 0 N–H and O–H groups in total. The second-order valence-corrected chi connectivity index (χ2v) is 9.04. The standard InChI is InChI=1S/C16H16ClNO6S2/c1-18(9-12-4-5-14(17)25-12)26(21,22)13-7-10(15(19)23-2)6-11(8-13)16(20)24-3/h4-8H,9H2,1-3H3. The molecule has 1 aromatic carbocycles. The Balaban J connectivity index is 2.46. The van der Waals surface area contributed by atoms with Crippen LogP contribution >= 0.6 is 22.9 Å². The van der Waals surface area contributed by atoms with Crippen molar-refractivity contribution in [3.8, 4) is 0 Å². The Bertz CT molecular complexity index is 904. The Labute approximate surface area is 160 Å². The normalized spacial score (nSPS) is 11.4. The van der Waals surface area contributed by atoms with E-state index in [4.69, 9.17) is 11.6 Å². The number of hydrogen-bond acceptors (Lipinski definition) is 7. The zero-order valence-corrected chi connectivity index (χ0v) is 16.6. The molecular formula is C16H16ClNO6S2. The third-order valence-electron chi connectivity index (χ3n) is 3.46. The minimum Gasteiger partial charge on any atom is -0.465 e. The van der Waals surface area contributed by atoms with Gasteiger partial charge in [-0.1, -0.05) is 11.6 Å². The lowest BCUT2D eigenvalue weighted by molar-refractivity contribution is 0.0598. The fourth-order valence-corrected chi connectivity index (χ4v) is 4.58. The zero-order chi connectivity index (χ0) is 19.5. The van der Waals surface area contributed by atoms with Crippen LogP contribution in [-0.4, -0.2) is 45.9 Å². The van der Waals surface area contributed by atoms with Crippen LogP contribution in [0.4, 0.5) is 0 Å². The van der Waals surface area contributed by atoms with E-state index < -0.39 is 22.0 Å². The lowest BCUT2D eigenvalue weighted by Gasteiger charge is -2.17. The van der Waals surface area contributed by atoms with Crippen LogP contribution in [0.5, 0.6) is 0 Å². The van der Waals surface area contributed by atoms with Gasteiger partial charge in [0.05, 0.1) is 34.6 Å². The monoisotopic (exact) mass is 417 g/mol. The number of hydrogen-bond donors (Lipinski definition) is 0. The minimum absolute atomic E-state index is 0.0680. The molecule has 7 nitrogen and oxygen atoms in total. The van der Waals surface area contributed by atoms with E-state index in [0.29, 0.717) is 4.34 Å². The van der Waals surface area contributed by atoms with E-state index in [-0.39, 0.29) is 22.6 Å². The summed E-state index contributed by atoms with van der Waals surface area (Å²) in [5.41, 5.74) is -0.136. The molecule has 0 saturated carbocycles. The van der Waals surface area contributed by atoms with Gasteiger partial charge in [0.15, 0.2) is 0 Å². The molecule has 0 unspecified atom stereocenters. The summed E-state index contributed by atoms with van der Waals surface area (Å²) in [6.07, 6.45) is 0. The number of carbonyl (C=O) groups is 2. The number of methoxy groups -OCH3 is 2. The summed E-state index contributed by atoms with van der Waals surface area (Å²) in [6.45, 7) is 0.0930. The largest absolute Gasteiger partial charge is 0.465 e. The molecule has 0 bridgehead atoms. The van der Waals surface area contributed by atoms with Crippen LogP contribution in [0.1, 0.15) is 25.6 Å². The molecule has 140 valence electrons. The van der Waals surface area contributed by atoms with E-state index >= 15 is 0 Å². The molecule has 26 heavy (non-hydrogen) atoms. The van der Waals surface area contributed by atoms with Crippen LogP contribution in [-0.2, 0) is 26.0 Å². The van der Waals surface area contributed by atoms with E-state index in [1.165, 1.54) is 24.5 Å². The van der Waals surface area contributed by atoms with Crippen molar-refractivity contribution in [3.05, 3.63) is 50.7 Å². The molecule has 0 aliphatic carbocycles. The molecule has 2 aromatic rings. The van der Waals surface area contributed by atoms with Gasteiger partial charge in [-0.05, 0) is 30.3 Å². The number of rotatable bonds is 6. The molecule has 1 heterocycles. The molecule has 0 aliphatic heterocycles. The van der Waals surface area contributed by atoms with Crippen LogP contribution in [0.25, 0.3) is 0 Å². The second-order valence-electron chi connectivity index (χ2n) is 5.20. The number of thiophene rings is 1. The summed E-state index contributed by atoms with van der Waals surface area (Å²) in [4.78, 5) is 24.2. The molecule has 0 saturated heterocycles. The zero-order valence-electron chi connectivity index (χ0n) is 14.2. The minimum atomic E-state index is -3.98. The molecule has 0 spiro atoms. The average Bonchev–Trinajstić information content (AvgIpc) is 3.04. The highest BCUT2D eigenvalue weighted by Crippen LogP contribution is 2.25. The van der Waals surface area contributed by atoms with Gasteiger partial charge in [0, 0.05) is 18.5 Å². The smallest absolute Gasteiger partial charge is 0.337 e. The number of esters is 2. The van der Waals surface area contributed by atoms with Crippen molar-refractivity contribution in [2.75, 3.05) is 21.3 Å². The van der Waals surface area contributed by atoms with E-state index in [9.17, 15) is 18.0 Å². The first kappa shape index (κ1) is 20.4.